The first kappa shape index (κ1) is 14.6. The smallest absolute Gasteiger partial charge is 0.225 e. The minimum Gasteiger partial charge on any atom is -0.351 e. The summed E-state index contributed by atoms with van der Waals surface area (Å²) < 4.78 is 13.9. The molecule has 0 unspecified atom stereocenters. The molecule has 1 aliphatic carbocycles. The highest BCUT2D eigenvalue weighted by Gasteiger charge is 2.22. The SMILES string of the molecule is Fc1ccccc1Nc1cc(-c2ccccn2)nc(NC2CC2)n1. The molecular formula is C18H16FN5. The average molecular weight is 321 g/mol. The number of para-hydroxylation sites is 1. The van der Waals surface area contributed by atoms with Crippen molar-refractivity contribution < 1.29 is 4.39 Å². The zero-order valence-corrected chi connectivity index (χ0v) is 12.9. The van der Waals surface area contributed by atoms with Gasteiger partial charge in [-0.25, -0.2) is 9.37 Å². The van der Waals surface area contributed by atoms with Gasteiger partial charge in [-0.2, -0.15) is 4.98 Å². The van der Waals surface area contributed by atoms with Gasteiger partial charge in [0.15, 0.2) is 0 Å². The van der Waals surface area contributed by atoms with E-state index in [-0.39, 0.29) is 5.82 Å². The molecule has 2 N–H and O–H groups in total. The lowest BCUT2D eigenvalue weighted by molar-refractivity contribution is 0.632. The van der Waals surface area contributed by atoms with Crippen molar-refractivity contribution >= 4 is 17.5 Å². The van der Waals surface area contributed by atoms with Gasteiger partial charge in [0.05, 0.1) is 17.1 Å². The second-order valence-electron chi connectivity index (χ2n) is 5.70. The topological polar surface area (TPSA) is 62.7 Å². The molecule has 0 bridgehead atoms. The second kappa shape index (κ2) is 6.23. The number of hydrogen-bond acceptors (Lipinski definition) is 5. The van der Waals surface area contributed by atoms with E-state index < -0.39 is 0 Å². The molecule has 2 heterocycles. The summed E-state index contributed by atoms with van der Waals surface area (Å²) in [5.41, 5.74) is 1.81. The Balaban J connectivity index is 1.71. The Bertz CT molecular complexity index is 849. The van der Waals surface area contributed by atoms with Crippen LogP contribution in [0.25, 0.3) is 11.4 Å². The number of anilines is 3. The molecule has 2 aromatic heterocycles. The number of nitrogens with one attached hydrogen (secondary N) is 2. The van der Waals surface area contributed by atoms with E-state index in [4.69, 9.17) is 0 Å². The predicted molar refractivity (Wildman–Crippen MR) is 91.6 cm³/mol. The number of rotatable bonds is 5. The van der Waals surface area contributed by atoms with Crippen molar-refractivity contribution in [3.63, 3.8) is 0 Å². The summed E-state index contributed by atoms with van der Waals surface area (Å²) in [5, 5.41) is 6.31. The molecule has 0 radical (unpaired) electrons. The summed E-state index contributed by atoms with van der Waals surface area (Å²) in [5.74, 6) is 0.727. The van der Waals surface area contributed by atoms with Crippen LogP contribution < -0.4 is 10.6 Å². The third-order valence-corrected chi connectivity index (χ3v) is 3.70. The maximum Gasteiger partial charge on any atom is 0.225 e. The Morgan fingerprint density at radius 3 is 2.54 bits per heavy atom. The predicted octanol–water partition coefficient (Wildman–Crippen LogP) is 4.00. The first-order valence-electron chi connectivity index (χ1n) is 7.86. The maximum absolute atomic E-state index is 13.9. The van der Waals surface area contributed by atoms with Crippen LogP contribution in [0.3, 0.4) is 0 Å². The third kappa shape index (κ3) is 3.32. The van der Waals surface area contributed by atoms with E-state index in [0.29, 0.717) is 29.2 Å². The highest BCUT2D eigenvalue weighted by molar-refractivity contribution is 5.65. The van der Waals surface area contributed by atoms with Crippen LogP contribution in [-0.2, 0) is 0 Å². The van der Waals surface area contributed by atoms with Gasteiger partial charge in [-0.05, 0) is 37.1 Å². The fourth-order valence-corrected chi connectivity index (χ4v) is 2.33. The number of aromatic nitrogens is 3. The molecule has 0 atom stereocenters. The molecule has 24 heavy (non-hydrogen) atoms. The summed E-state index contributed by atoms with van der Waals surface area (Å²) in [6.45, 7) is 0. The monoisotopic (exact) mass is 321 g/mol. The molecule has 1 aliphatic rings. The summed E-state index contributed by atoms with van der Waals surface area (Å²) >= 11 is 0. The van der Waals surface area contributed by atoms with Gasteiger partial charge in [-0.3, -0.25) is 4.98 Å². The lowest BCUT2D eigenvalue weighted by atomic mass is 10.2. The van der Waals surface area contributed by atoms with Crippen LogP contribution in [0.15, 0.2) is 54.7 Å². The first-order valence-corrected chi connectivity index (χ1v) is 7.86. The molecule has 0 saturated heterocycles. The van der Waals surface area contributed by atoms with Crippen molar-refractivity contribution in [3.05, 3.63) is 60.5 Å². The standard InChI is InChI=1S/C18H16FN5/c19-13-5-1-2-6-14(13)22-17-11-16(15-7-3-4-10-20-15)23-18(24-17)21-12-8-9-12/h1-7,10-12H,8-9H2,(H2,21,22,23,24). The minimum atomic E-state index is -0.327. The van der Waals surface area contributed by atoms with Gasteiger partial charge in [0.1, 0.15) is 11.6 Å². The molecule has 4 rings (SSSR count). The van der Waals surface area contributed by atoms with Gasteiger partial charge < -0.3 is 10.6 Å². The van der Waals surface area contributed by atoms with E-state index in [1.807, 2.05) is 18.2 Å². The number of halogens is 1. The van der Waals surface area contributed by atoms with Crippen LogP contribution in [0.2, 0.25) is 0 Å². The van der Waals surface area contributed by atoms with Crippen molar-refractivity contribution in [2.24, 2.45) is 0 Å². The van der Waals surface area contributed by atoms with Gasteiger partial charge in [0, 0.05) is 18.3 Å². The van der Waals surface area contributed by atoms with Crippen molar-refractivity contribution in [2.45, 2.75) is 18.9 Å². The van der Waals surface area contributed by atoms with Crippen LogP contribution in [0.1, 0.15) is 12.8 Å². The molecule has 6 heteroatoms. The van der Waals surface area contributed by atoms with Gasteiger partial charge in [0.25, 0.3) is 0 Å². The number of nitrogens with zero attached hydrogens (tertiary/aromatic N) is 3. The fraction of sp³-hybridized carbons (Fsp3) is 0.167. The zero-order valence-electron chi connectivity index (χ0n) is 12.9. The van der Waals surface area contributed by atoms with Gasteiger partial charge in [-0.1, -0.05) is 18.2 Å². The Hall–Kier alpha value is -3.02. The molecule has 0 aliphatic heterocycles. The quantitative estimate of drug-likeness (QED) is 0.744. The van der Waals surface area contributed by atoms with Gasteiger partial charge >= 0.3 is 0 Å². The van der Waals surface area contributed by atoms with Crippen LogP contribution in [0.4, 0.5) is 21.8 Å². The van der Waals surface area contributed by atoms with E-state index in [1.54, 1.807) is 30.5 Å². The van der Waals surface area contributed by atoms with Crippen molar-refractivity contribution in [1.29, 1.82) is 0 Å². The Morgan fingerprint density at radius 1 is 0.958 bits per heavy atom. The maximum atomic E-state index is 13.9. The Morgan fingerprint density at radius 2 is 1.79 bits per heavy atom. The summed E-state index contributed by atoms with van der Waals surface area (Å²) in [7, 11) is 0. The zero-order chi connectivity index (χ0) is 16.4. The van der Waals surface area contributed by atoms with Crippen molar-refractivity contribution in [1.82, 2.24) is 15.0 Å². The van der Waals surface area contributed by atoms with Crippen LogP contribution in [0.5, 0.6) is 0 Å². The lowest BCUT2D eigenvalue weighted by Gasteiger charge is -2.11. The van der Waals surface area contributed by atoms with E-state index in [0.717, 1.165) is 18.5 Å². The molecule has 3 aromatic rings. The van der Waals surface area contributed by atoms with Gasteiger partial charge in [-0.15, -0.1) is 0 Å². The average Bonchev–Trinajstić information content (AvgIpc) is 3.42. The van der Waals surface area contributed by atoms with E-state index in [9.17, 15) is 4.39 Å². The van der Waals surface area contributed by atoms with E-state index >= 15 is 0 Å². The fourth-order valence-electron chi connectivity index (χ4n) is 2.33. The normalized spacial score (nSPS) is 13.5. The van der Waals surface area contributed by atoms with Crippen molar-refractivity contribution in [2.75, 3.05) is 10.6 Å². The molecular weight excluding hydrogens is 305 g/mol. The lowest BCUT2D eigenvalue weighted by Crippen LogP contribution is -2.08. The van der Waals surface area contributed by atoms with Gasteiger partial charge in [0.2, 0.25) is 5.95 Å². The van der Waals surface area contributed by atoms with Crippen LogP contribution in [-0.4, -0.2) is 21.0 Å². The molecule has 1 fully saturated rings. The molecule has 0 amide bonds. The number of pyridine rings is 1. The molecule has 1 saturated carbocycles. The highest BCUT2D eigenvalue weighted by Crippen LogP contribution is 2.27. The van der Waals surface area contributed by atoms with Crippen molar-refractivity contribution in [3.8, 4) is 11.4 Å². The number of benzene rings is 1. The number of hydrogen-bond donors (Lipinski definition) is 2. The molecule has 5 nitrogen and oxygen atoms in total. The highest BCUT2D eigenvalue weighted by atomic mass is 19.1. The Labute approximate surface area is 139 Å². The minimum absolute atomic E-state index is 0.327. The summed E-state index contributed by atoms with van der Waals surface area (Å²) in [6, 6.07) is 14.3. The molecule has 0 spiro atoms. The Kier molecular flexibility index (Phi) is 3.78. The molecule has 1 aromatic carbocycles. The summed E-state index contributed by atoms with van der Waals surface area (Å²) in [6.07, 6.45) is 3.95. The first-order chi connectivity index (χ1) is 11.8. The second-order valence-corrected chi connectivity index (χ2v) is 5.70. The summed E-state index contributed by atoms with van der Waals surface area (Å²) in [4.78, 5) is 13.3. The molecule has 120 valence electrons. The van der Waals surface area contributed by atoms with Crippen LogP contribution >= 0.6 is 0 Å². The van der Waals surface area contributed by atoms with Crippen LogP contribution in [0, 0.1) is 5.82 Å². The third-order valence-electron chi connectivity index (χ3n) is 3.70. The van der Waals surface area contributed by atoms with E-state index in [1.165, 1.54) is 6.07 Å². The van der Waals surface area contributed by atoms with E-state index in [2.05, 4.69) is 25.6 Å². The largest absolute Gasteiger partial charge is 0.351 e.